The van der Waals surface area contributed by atoms with Crippen LogP contribution in [-0.2, 0) is 4.74 Å². The second-order valence-corrected chi connectivity index (χ2v) is 8.58. The van der Waals surface area contributed by atoms with Crippen LogP contribution in [-0.4, -0.2) is 60.3 Å². The zero-order valence-corrected chi connectivity index (χ0v) is 19.8. The molecule has 0 spiro atoms. The van der Waals surface area contributed by atoms with E-state index in [2.05, 4.69) is 40.1 Å². The van der Waals surface area contributed by atoms with Gasteiger partial charge in [0.15, 0.2) is 11.5 Å². The minimum atomic E-state index is -2.81. The summed E-state index contributed by atoms with van der Waals surface area (Å²) in [6.07, 6.45) is 6.05. The van der Waals surface area contributed by atoms with Gasteiger partial charge in [0.25, 0.3) is 0 Å². The van der Waals surface area contributed by atoms with Gasteiger partial charge in [-0.25, -0.2) is 29.4 Å². The van der Waals surface area contributed by atoms with Crippen molar-refractivity contribution in [1.82, 2.24) is 34.5 Å². The van der Waals surface area contributed by atoms with E-state index in [-0.39, 0.29) is 6.54 Å². The lowest BCUT2D eigenvalue weighted by Gasteiger charge is -2.17. The first-order valence-corrected chi connectivity index (χ1v) is 11.6. The first kappa shape index (κ1) is 23.2. The molecule has 0 amide bonds. The molecule has 1 N–H and O–H groups in total. The Bertz CT molecular complexity index is 1590. The lowest BCUT2D eigenvalue weighted by atomic mass is 10.3. The van der Waals surface area contributed by atoms with Gasteiger partial charge in [-0.2, -0.15) is 13.9 Å². The van der Waals surface area contributed by atoms with Gasteiger partial charge in [-0.15, -0.1) is 0 Å². The molecule has 1 saturated heterocycles. The number of anilines is 3. The number of pyridine rings is 1. The van der Waals surface area contributed by atoms with Crippen molar-refractivity contribution in [2.45, 2.75) is 19.1 Å². The highest BCUT2D eigenvalue weighted by molar-refractivity contribution is 6.32. The van der Waals surface area contributed by atoms with E-state index in [0.717, 1.165) is 0 Å². The van der Waals surface area contributed by atoms with E-state index in [1.165, 1.54) is 12.7 Å². The molecule has 14 heteroatoms. The molecule has 5 heterocycles. The molecule has 4 aromatic heterocycles. The Labute approximate surface area is 213 Å². The van der Waals surface area contributed by atoms with Gasteiger partial charge < -0.3 is 19.7 Å². The molecule has 1 unspecified atom stereocenters. The highest BCUT2D eigenvalue weighted by atomic mass is 35.5. The average molecular weight is 526 g/mol. The average Bonchev–Trinajstić information content (AvgIpc) is 3.55. The number of halogens is 3. The first-order chi connectivity index (χ1) is 18.0. The largest absolute Gasteiger partial charge is 0.456 e. The fraction of sp³-hybridized carbons (Fsp3) is 0.217. The summed E-state index contributed by atoms with van der Waals surface area (Å²) in [7, 11) is 0. The minimum Gasteiger partial charge on any atom is -0.456 e. The van der Waals surface area contributed by atoms with Gasteiger partial charge in [-0.05, 0) is 30.7 Å². The van der Waals surface area contributed by atoms with Gasteiger partial charge in [-0.1, -0.05) is 11.6 Å². The van der Waals surface area contributed by atoms with Crippen LogP contribution in [0.2, 0.25) is 5.02 Å². The molecule has 37 heavy (non-hydrogen) atoms. The van der Waals surface area contributed by atoms with E-state index in [0.29, 0.717) is 63.6 Å². The zero-order valence-electron chi connectivity index (χ0n) is 19.0. The first-order valence-electron chi connectivity index (χ1n) is 11.2. The number of alkyl halides is 2. The summed E-state index contributed by atoms with van der Waals surface area (Å²) < 4.78 is 37.3. The number of ether oxygens (including phenoxy) is 2. The third kappa shape index (κ3) is 4.90. The summed E-state index contributed by atoms with van der Waals surface area (Å²) in [5, 5.41) is 7.64. The van der Waals surface area contributed by atoms with Crippen molar-refractivity contribution in [3.8, 4) is 11.5 Å². The fourth-order valence-electron chi connectivity index (χ4n) is 4.04. The predicted molar refractivity (Wildman–Crippen MR) is 131 cm³/mol. The van der Waals surface area contributed by atoms with Gasteiger partial charge in [0, 0.05) is 31.0 Å². The van der Waals surface area contributed by atoms with E-state index >= 15 is 0 Å². The third-order valence-corrected chi connectivity index (χ3v) is 6.06. The normalized spacial score (nSPS) is 15.7. The van der Waals surface area contributed by atoms with E-state index in [1.54, 1.807) is 52.1 Å². The van der Waals surface area contributed by atoms with Crippen molar-refractivity contribution >= 4 is 45.7 Å². The van der Waals surface area contributed by atoms with Gasteiger partial charge in [0.2, 0.25) is 5.95 Å². The maximum absolute atomic E-state index is 12.6. The molecule has 1 aliphatic rings. The number of hydrogen-bond donors (Lipinski definition) is 1. The monoisotopic (exact) mass is 525 g/mol. The SMILES string of the molecule is FC(F)OC1CCN(c2ncc3ncnc(Nc4ccc(Oc5ccn6ncnc6c5)c(Cl)c4)c3n2)C1. The van der Waals surface area contributed by atoms with Crippen molar-refractivity contribution < 1.29 is 18.3 Å². The molecule has 6 rings (SSSR count). The molecule has 5 aromatic rings. The lowest BCUT2D eigenvalue weighted by molar-refractivity contribution is -0.156. The number of rotatable bonds is 7. The van der Waals surface area contributed by atoms with E-state index in [1.807, 2.05) is 0 Å². The number of benzene rings is 1. The van der Waals surface area contributed by atoms with Crippen molar-refractivity contribution in [1.29, 1.82) is 0 Å². The second-order valence-electron chi connectivity index (χ2n) is 8.18. The Kier molecular flexibility index (Phi) is 6.06. The summed E-state index contributed by atoms with van der Waals surface area (Å²) in [6, 6.07) is 8.74. The van der Waals surface area contributed by atoms with Crippen molar-refractivity contribution in [2.75, 3.05) is 23.3 Å². The topological polar surface area (TPSA) is 115 Å². The summed E-state index contributed by atoms with van der Waals surface area (Å²) >= 11 is 6.49. The van der Waals surface area contributed by atoms with Gasteiger partial charge in [0.05, 0.1) is 17.3 Å². The van der Waals surface area contributed by atoms with Crippen LogP contribution in [0.5, 0.6) is 11.5 Å². The molecule has 0 aliphatic carbocycles. The molecular formula is C23H18ClF2N9O2. The van der Waals surface area contributed by atoms with Crippen LogP contribution in [0.25, 0.3) is 16.7 Å². The molecule has 1 fully saturated rings. The van der Waals surface area contributed by atoms with Crippen LogP contribution in [0.1, 0.15) is 6.42 Å². The highest BCUT2D eigenvalue weighted by Crippen LogP contribution is 2.33. The highest BCUT2D eigenvalue weighted by Gasteiger charge is 2.27. The second kappa shape index (κ2) is 9.67. The number of hydrogen-bond acceptors (Lipinski definition) is 10. The molecule has 11 nitrogen and oxygen atoms in total. The Morgan fingerprint density at radius 1 is 1.08 bits per heavy atom. The maximum Gasteiger partial charge on any atom is 0.345 e. The molecular weight excluding hydrogens is 508 g/mol. The Hall–Kier alpha value is -4.23. The smallest absolute Gasteiger partial charge is 0.345 e. The van der Waals surface area contributed by atoms with Crippen LogP contribution < -0.4 is 15.0 Å². The lowest BCUT2D eigenvalue weighted by Crippen LogP contribution is -2.25. The molecule has 1 atom stereocenters. The fourth-order valence-corrected chi connectivity index (χ4v) is 4.26. The van der Waals surface area contributed by atoms with Crippen LogP contribution in [0.4, 0.5) is 26.2 Å². The molecule has 1 aliphatic heterocycles. The molecule has 0 saturated carbocycles. The summed E-state index contributed by atoms with van der Waals surface area (Å²) in [5.41, 5.74) is 2.30. The van der Waals surface area contributed by atoms with Crippen LogP contribution in [0, 0.1) is 0 Å². The van der Waals surface area contributed by atoms with Gasteiger partial charge >= 0.3 is 6.61 Å². The van der Waals surface area contributed by atoms with E-state index in [9.17, 15) is 8.78 Å². The summed E-state index contributed by atoms with van der Waals surface area (Å²) in [5.74, 6) is 1.85. The number of nitrogens with one attached hydrogen (secondary N) is 1. The van der Waals surface area contributed by atoms with Crippen LogP contribution in [0.15, 0.2) is 55.4 Å². The summed E-state index contributed by atoms with van der Waals surface area (Å²) in [6.45, 7) is -2.04. The van der Waals surface area contributed by atoms with Crippen LogP contribution >= 0.6 is 11.6 Å². The van der Waals surface area contributed by atoms with Crippen LogP contribution in [0.3, 0.4) is 0 Å². The zero-order chi connectivity index (χ0) is 25.4. The molecule has 0 bridgehead atoms. The number of fused-ring (bicyclic) bond motifs is 2. The van der Waals surface area contributed by atoms with Gasteiger partial charge in [-0.3, -0.25) is 0 Å². The maximum atomic E-state index is 12.6. The summed E-state index contributed by atoms with van der Waals surface area (Å²) in [4.78, 5) is 23.4. The Morgan fingerprint density at radius 2 is 2.00 bits per heavy atom. The van der Waals surface area contributed by atoms with E-state index in [4.69, 9.17) is 16.3 Å². The third-order valence-electron chi connectivity index (χ3n) is 5.76. The van der Waals surface area contributed by atoms with E-state index < -0.39 is 12.7 Å². The van der Waals surface area contributed by atoms with Crippen molar-refractivity contribution in [2.24, 2.45) is 0 Å². The molecule has 188 valence electrons. The Balaban J connectivity index is 1.22. The van der Waals surface area contributed by atoms with Crippen molar-refractivity contribution in [3.63, 3.8) is 0 Å². The number of aromatic nitrogens is 7. The quantitative estimate of drug-likeness (QED) is 0.326. The Morgan fingerprint density at radius 3 is 2.86 bits per heavy atom. The minimum absolute atomic E-state index is 0.271. The van der Waals surface area contributed by atoms with Gasteiger partial charge in [0.1, 0.15) is 35.2 Å². The standard InChI is InChI=1S/C23H18ClF2N9O2/c24-16-7-13(1-2-18(16)36-14-4-6-35-19(8-14)29-12-31-35)32-21-20-17(28-11-30-21)9-27-23(33-20)34-5-3-15(10-34)37-22(25)26/h1-2,4,6-9,11-12,15,22H,3,5,10H2,(H,28,30,32). The van der Waals surface area contributed by atoms with Crippen molar-refractivity contribution in [3.05, 3.63) is 60.4 Å². The molecule has 1 aromatic carbocycles. The number of nitrogens with zero attached hydrogens (tertiary/aromatic N) is 8. The predicted octanol–water partition coefficient (Wildman–Crippen LogP) is 4.47. The molecule has 0 radical (unpaired) electrons.